The fraction of sp³-hybridized carbons (Fsp3) is 0.929. The molecule has 2 atom stereocenters. The molecule has 2 rings (SSSR count). The van der Waals surface area contributed by atoms with E-state index in [0.29, 0.717) is 18.6 Å². The third kappa shape index (κ3) is 3.69. The molecular formula is C14H27N3O. The smallest absolute Gasteiger partial charge is 0.234 e. The first kappa shape index (κ1) is 13.8. The zero-order valence-electron chi connectivity index (χ0n) is 11.6. The predicted octanol–water partition coefficient (Wildman–Crippen LogP) is 1.12. The minimum atomic E-state index is 0.196. The van der Waals surface area contributed by atoms with E-state index in [-0.39, 0.29) is 5.91 Å². The second-order valence-corrected chi connectivity index (χ2v) is 5.59. The summed E-state index contributed by atoms with van der Waals surface area (Å²) in [6.07, 6.45) is 7.38. The van der Waals surface area contributed by atoms with Crippen LogP contribution in [0.2, 0.25) is 0 Å². The molecule has 0 bridgehead atoms. The Kier molecular flexibility index (Phi) is 5.45. The lowest BCUT2D eigenvalue weighted by atomic mass is 9.94. The molecule has 0 aromatic rings. The van der Waals surface area contributed by atoms with E-state index in [4.69, 9.17) is 0 Å². The van der Waals surface area contributed by atoms with Crippen LogP contribution in [-0.4, -0.2) is 49.1 Å². The van der Waals surface area contributed by atoms with E-state index in [1.165, 1.54) is 32.1 Å². The number of amides is 1. The monoisotopic (exact) mass is 253 g/mol. The van der Waals surface area contributed by atoms with Gasteiger partial charge in [0.1, 0.15) is 0 Å². The van der Waals surface area contributed by atoms with Gasteiger partial charge in [-0.1, -0.05) is 13.3 Å². The van der Waals surface area contributed by atoms with Gasteiger partial charge in [0.2, 0.25) is 5.91 Å². The predicted molar refractivity (Wildman–Crippen MR) is 73.5 cm³/mol. The summed E-state index contributed by atoms with van der Waals surface area (Å²) in [7, 11) is 0. The third-order valence-corrected chi connectivity index (χ3v) is 4.15. The highest BCUT2D eigenvalue weighted by molar-refractivity contribution is 5.78. The van der Waals surface area contributed by atoms with Gasteiger partial charge in [0.25, 0.3) is 0 Å². The van der Waals surface area contributed by atoms with Crippen molar-refractivity contribution < 1.29 is 4.79 Å². The first-order chi connectivity index (χ1) is 8.81. The van der Waals surface area contributed by atoms with Crippen LogP contribution in [0.4, 0.5) is 0 Å². The maximum Gasteiger partial charge on any atom is 0.234 e. The van der Waals surface area contributed by atoms with Gasteiger partial charge in [-0.2, -0.15) is 0 Å². The van der Waals surface area contributed by atoms with Crippen LogP contribution in [-0.2, 0) is 4.79 Å². The van der Waals surface area contributed by atoms with Gasteiger partial charge in [-0.15, -0.1) is 0 Å². The van der Waals surface area contributed by atoms with Crippen LogP contribution in [0.3, 0.4) is 0 Å². The lowest BCUT2D eigenvalue weighted by molar-refractivity contribution is -0.123. The quantitative estimate of drug-likeness (QED) is 0.772. The topological polar surface area (TPSA) is 44.4 Å². The normalized spacial score (nSPS) is 29.4. The van der Waals surface area contributed by atoms with Crippen LogP contribution in [0, 0.1) is 0 Å². The van der Waals surface area contributed by atoms with Crippen LogP contribution in [0.25, 0.3) is 0 Å². The number of carbonyl (C=O) groups excluding carboxylic acids is 1. The number of hydrogen-bond acceptors (Lipinski definition) is 3. The Morgan fingerprint density at radius 1 is 1.33 bits per heavy atom. The molecule has 2 fully saturated rings. The second-order valence-electron chi connectivity index (χ2n) is 5.59. The fourth-order valence-corrected chi connectivity index (χ4v) is 3.21. The zero-order chi connectivity index (χ0) is 12.8. The molecule has 2 saturated heterocycles. The molecule has 2 N–H and O–H groups in total. The first-order valence-electron chi connectivity index (χ1n) is 7.55. The van der Waals surface area contributed by atoms with Crippen molar-refractivity contribution in [2.45, 2.75) is 57.5 Å². The number of rotatable bonds is 5. The lowest BCUT2D eigenvalue weighted by Crippen LogP contribution is -2.53. The Labute approximate surface area is 110 Å². The minimum Gasteiger partial charge on any atom is -0.355 e. The molecule has 1 amide bonds. The summed E-state index contributed by atoms with van der Waals surface area (Å²) in [6.45, 7) is 5.72. The third-order valence-electron chi connectivity index (χ3n) is 4.15. The summed E-state index contributed by atoms with van der Waals surface area (Å²) in [5.41, 5.74) is 0. The molecule has 0 spiro atoms. The summed E-state index contributed by atoms with van der Waals surface area (Å²) < 4.78 is 0. The van der Waals surface area contributed by atoms with E-state index in [9.17, 15) is 4.79 Å². The number of nitrogens with one attached hydrogen (secondary N) is 2. The van der Waals surface area contributed by atoms with Crippen molar-refractivity contribution >= 4 is 5.91 Å². The van der Waals surface area contributed by atoms with Crippen molar-refractivity contribution in [2.24, 2.45) is 0 Å². The molecule has 0 aliphatic carbocycles. The number of hydrogen-bond donors (Lipinski definition) is 2. The van der Waals surface area contributed by atoms with Gasteiger partial charge in [-0.3, -0.25) is 9.69 Å². The average molecular weight is 253 g/mol. The molecule has 0 radical (unpaired) electrons. The molecule has 0 saturated carbocycles. The number of carbonyl (C=O) groups is 1. The summed E-state index contributed by atoms with van der Waals surface area (Å²) in [6, 6.07) is 1.19. The van der Waals surface area contributed by atoms with Crippen LogP contribution < -0.4 is 10.6 Å². The van der Waals surface area contributed by atoms with Crippen molar-refractivity contribution in [3.05, 3.63) is 0 Å². The molecule has 2 aliphatic rings. The van der Waals surface area contributed by atoms with Gasteiger partial charge < -0.3 is 10.6 Å². The maximum absolute atomic E-state index is 11.9. The number of likely N-dealkylation sites (tertiary alicyclic amines) is 1. The Morgan fingerprint density at radius 3 is 2.94 bits per heavy atom. The van der Waals surface area contributed by atoms with Gasteiger partial charge in [-0.05, 0) is 45.2 Å². The molecule has 0 aromatic heterocycles. The molecule has 2 aliphatic heterocycles. The molecule has 4 nitrogen and oxygen atoms in total. The zero-order valence-corrected chi connectivity index (χ0v) is 11.6. The molecule has 18 heavy (non-hydrogen) atoms. The molecule has 2 unspecified atom stereocenters. The van der Waals surface area contributed by atoms with Crippen LogP contribution in [0.15, 0.2) is 0 Å². The van der Waals surface area contributed by atoms with Gasteiger partial charge in [-0.25, -0.2) is 0 Å². The van der Waals surface area contributed by atoms with Gasteiger partial charge >= 0.3 is 0 Å². The SMILES string of the molecule is CCCNC(=O)CN1CCCCC1C1CCCN1. The van der Waals surface area contributed by atoms with Gasteiger partial charge in [0.05, 0.1) is 6.54 Å². The Hall–Kier alpha value is -0.610. The van der Waals surface area contributed by atoms with Crippen molar-refractivity contribution in [2.75, 3.05) is 26.2 Å². The molecule has 0 aromatic carbocycles. The van der Waals surface area contributed by atoms with E-state index in [0.717, 1.165) is 26.1 Å². The van der Waals surface area contributed by atoms with Crippen LogP contribution in [0.5, 0.6) is 0 Å². The Bertz CT molecular complexity index is 264. The van der Waals surface area contributed by atoms with E-state index in [2.05, 4.69) is 22.5 Å². The standard InChI is InChI=1S/C14H27N3O/c1-2-8-16-14(18)11-17-10-4-3-7-13(17)12-6-5-9-15-12/h12-13,15H,2-11H2,1H3,(H,16,18). The molecule has 4 heteroatoms. The number of nitrogens with zero attached hydrogens (tertiary/aromatic N) is 1. The van der Waals surface area contributed by atoms with Gasteiger partial charge in [0.15, 0.2) is 0 Å². The maximum atomic E-state index is 11.9. The fourth-order valence-electron chi connectivity index (χ4n) is 3.21. The summed E-state index contributed by atoms with van der Waals surface area (Å²) >= 11 is 0. The van der Waals surface area contributed by atoms with Crippen molar-refractivity contribution in [3.8, 4) is 0 Å². The molecule has 104 valence electrons. The minimum absolute atomic E-state index is 0.196. The van der Waals surface area contributed by atoms with E-state index >= 15 is 0 Å². The summed E-state index contributed by atoms with van der Waals surface area (Å²) in [5.74, 6) is 0.196. The summed E-state index contributed by atoms with van der Waals surface area (Å²) in [4.78, 5) is 14.3. The highest BCUT2D eigenvalue weighted by atomic mass is 16.2. The molecular weight excluding hydrogens is 226 g/mol. The van der Waals surface area contributed by atoms with E-state index in [1.54, 1.807) is 0 Å². The Morgan fingerprint density at radius 2 is 2.22 bits per heavy atom. The van der Waals surface area contributed by atoms with Crippen LogP contribution >= 0.6 is 0 Å². The lowest BCUT2D eigenvalue weighted by Gasteiger charge is -2.38. The highest BCUT2D eigenvalue weighted by Gasteiger charge is 2.32. The van der Waals surface area contributed by atoms with E-state index < -0.39 is 0 Å². The Balaban J connectivity index is 1.84. The van der Waals surface area contributed by atoms with Crippen LogP contribution in [0.1, 0.15) is 45.4 Å². The number of piperidine rings is 1. The summed E-state index contributed by atoms with van der Waals surface area (Å²) in [5, 5.41) is 6.59. The van der Waals surface area contributed by atoms with Crippen molar-refractivity contribution in [1.82, 2.24) is 15.5 Å². The largest absolute Gasteiger partial charge is 0.355 e. The molecule has 2 heterocycles. The van der Waals surface area contributed by atoms with E-state index in [1.807, 2.05) is 0 Å². The average Bonchev–Trinajstić information content (AvgIpc) is 2.91. The van der Waals surface area contributed by atoms with Gasteiger partial charge in [0, 0.05) is 18.6 Å². The highest BCUT2D eigenvalue weighted by Crippen LogP contribution is 2.23. The van der Waals surface area contributed by atoms with Crippen molar-refractivity contribution in [3.63, 3.8) is 0 Å². The second kappa shape index (κ2) is 7.10. The first-order valence-corrected chi connectivity index (χ1v) is 7.55. The van der Waals surface area contributed by atoms with Crippen molar-refractivity contribution in [1.29, 1.82) is 0 Å².